The monoisotopic (exact) mass is 231 g/mol. The van der Waals surface area contributed by atoms with E-state index < -0.39 is 0 Å². The minimum Gasteiger partial charge on any atom is -0.309 e. The van der Waals surface area contributed by atoms with E-state index in [2.05, 4.69) is 20.0 Å². The van der Waals surface area contributed by atoms with Crippen molar-refractivity contribution in [3.8, 4) is 5.69 Å². The van der Waals surface area contributed by atoms with E-state index in [1.807, 2.05) is 36.6 Å². The summed E-state index contributed by atoms with van der Waals surface area (Å²) in [6.45, 7) is 1.10. The highest BCUT2D eigenvalue weighted by atomic mass is 15.3. The fourth-order valence-corrected chi connectivity index (χ4v) is 2.42. The first-order valence-corrected chi connectivity index (χ1v) is 6.09. The van der Waals surface area contributed by atoms with Crippen molar-refractivity contribution in [3.05, 3.63) is 30.6 Å². The predicted octanol–water partition coefficient (Wildman–Crippen LogP) is 1.42. The Morgan fingerprint density at radius 2 is 2.29 bits per heavy atom. The standard InChI is InChI=1S/C12H17N5/c1-16-8-10(6-15-16)17-9-13-7-12(17)11-4-2-3-5-14-11/h6-9,11,14H,2-5H2,1H3. The van der Waals surface area contributed by atoms with Gasteiger partial charge >= 0.3 is 0 Å². The van der Waals surface area contributed by atoms with Crippen LogP contribution in [-0.4, -0.2) is 25.9 Å². The molecule has 1 aliphatic rings. The van der Waals surface area contributed by atoms with Crippen molar-refractivity contribution < 1.29 is 0 Å². The molecule has 90 valence electrons. The fraction of sp³-hybridized carbons (Fsp3) is 0.500. The van der Waals surface area contributed by atoms with Crippen LogP contribution in [0.3, 0.4) is 0 Å². The van der Waals surface area contributed by atoms with Crippen LogP contribution in [0.25, 0.3) is 5.69 Å². The minimum absolute atomic E-state index is 0.423. The summed E-state index contributed by atoms with van der Waals surface area (Å²) in [4.78, 5) is 4.27. The molecule has 2 aromatic heterocycles. The molecule has 5 heteroatoms. The molecular weight excluding hydrogens is 214 g/mol. The van der Waals surface area contributed by atoms with Crippen LogP contribution in [0.5, 0.6) is 0 Å². The molecule has 0 saturated carbocycles. The zero-order valence-electron chi connectivity index (χ0n) is 10.0. The van der Waals surface area contributed by atoms with E-state index in [4.69, 9.17) is 0 Å². The molecule has 0 amide bonds. The van der Waals surface area contributed by atoms with Gasteiger partial charge in [-0.1, -0.05) is 6.42 Å². The fourth-order valence-electron chi connectivity index (χ4n) is 2.42. The summed E-state index contributed by atoms with van der Waals surface area (Å²) >= 11 is 0. The van der Waals surface area contributed by atoms with E-state index in [-0.39, 0.29) is 0 Å². The zero-order valence-corrected chi connectivity index (χ0v) is 10.0. The molecule has 0 aliphatic carbocycles. The van der Waals surface area contributed by atoms with Crippen LogP contribution in [0.1, 0.15) is 31.0 Å². The molecule has 0 spiro atoms. The third-order valence-corrected chi connectivity index (χ3v) is 3.30. The Hall–Kier alpha value is -1.62. The average molecular weight is 231 g/mol. The van der Waals surface area contributed by atoms with Gasteiger partial charge in [-0.05, 0) is 19.4 Å². The van der Waals surface area contributed by atoms with Gasteiger partial charge in [0.2, 0.25) is 0 Å². The van der Waals surface area contributed by atoms with Crippen LogP contribution in [0, 0.1) is 0 Å². The Morgan fingerprint density at radius 1 is 1.35 bits per heavy atom. The number of aryl methyl sites for hydroxylation is 1. The number of nitrogens with zero attached hydrogens (tertiary/aromatic N) is 4. The second-order valence-corrected chi connectivity index (χ2v) is 4.56. The molecule has 2 aromatic rings. The summed E-state index contributed by atoms with van der Waals surface area (Å²) in [7, 11) is 1.93. The van der Waals surface area contributed by atoms with Crippen molar-refractivity contribution in [2.45, 2.75) is 25.3 Å². The summed E-state index contributed by atoms with van der Waals surface area (Å²) in [5, 5.41) is 7.76. The van der Waals surface area contributed by atoms with Gasteiger partial charge in [-0.15, -0.1) is 0 Å². The predicted molar refractivity (Wildman–Crippen MR) is 64.9 cm³/mol. The van der Waals surface area contributed by atoms with Crippen LogP contribution in [-0.2, 0) is 7.05 Å². The molecular formula is C12H17N5. The molecule has 0 bridgehead atoms. The molecule has 1 aliphatic heterocycles. The molecule has 17 heavy (non-hydrogen) atoms. The van der Waals surface area contributed by atoms with Gasteiger partial charge in [-0.3, -0.25) is 9.25 Å². The van der Waals surface area contributed by atoms with Gasteiger partial charge in [-0.25, -0.2) is 4.98 Å². The molecule has 5 nitrogen and oxygen atoms in total. The van der Waals surface area contributed by atoms with Crippen molar-refractivity contribution in [3.63, 3.8) is 0 Å². The molecule has 1 saturated heterocycles. The topological polar surface area (TPSA) is 47.7 Å². The van der Waals surface area contributed by atoms with Gasteiger partial charge in [0, 0.05) is 19.3 Å². The molecule has 1 atom stereocenters. The van der Waals surface area contributed by atoms with E-state index >= 15 is 0 Å². The molecule has 1 N–H and O–H groups in total. The number of piperidine rings is 1. The highest BCUT2D eigenvalue weighted by Crippen LogP contribution is 2.24. The van der Waals surface area contributed by atoms with Gasteiger partial charge in [-0.2, -0.15) is 5.10 Å². The molecule has 0 aromatic carbocycles. The van der Waals surface area contributed by atoms with E-state index in [1.165, 1.54) is 25.0 Å². The first kappa shape index (κ1) is 10.5. The van der Waals surface area contributed by atoms with Crippen LogP contribution in [0.15, 0.2) is 24.9 Å². The number of hydrogen-bond donors (Lipinski definition) is 1. The second-order valence-electron chi connectivity index (χ2n) is 4.56. The zero-order chi connectivity index (χ0) is 11.7. The minimum atomic E-state index is 0.423. The van der Waals surface area contributed by atoms with Crippen molar-refractivity contribution in [2.75, 3.05) is 6.54 Å². The average Bonchev–Trinajstić information content (AvgIpc) is 2.98. The number of hydrogen-bond acceptors (Lipinski definition) is 3. The number of aromatic nitrogens is 4. The maximum Gasteiger partial charge on any atom is 0.0995 e. The van der Waals surface area contributed by atoms with Crippen molar-refractivity contribution in [2.24, 2.45) is 7.05 Å². The first-order valence-electron chi connectivity index (χ1n) is 6.09. The molecule has 3 rings (SSSR count). The summed E-state index contributed by atoms with van der Waals surface area (Å²) in [5.74, 6) is 0. The summed E-state index contributed by atoms with van der Waals surface area (Å²) in [6, 6.07) is 0.423. The van der Waals surface area contributed by atoms with Crippen molar-refractivity contribution >= 4 is 0 Å². The van der Waals surface area contributed by atoms with Crippen LogP contribution in [0.4, 0.5) is 0 Å². The quantitative estimate of drug-likeness (QED) is 0.850. The van der Waals surface area contributed by atoms with E-state index in [0.29, 0.717) is 6.04 Å². The third kappa shape index (κ3) is 1.98. The largest absolute Gasteiger partial charge is 0.309 e. The lowest BCUT2D eigenvalue weighted by atomic mass is 10.0. The van der Waals surface area contributed by atoms with Gasteiger partial charge < -0.3 is 5.32 Å². The van der Waals surface area contributed by atoms with E-state index in [0.717, 1.165) is 12.2 Å². The smallest absolute Gasteiger partial charge is 0.0995 e. The summed E-state index contributed by atoms with van der Waals surface area (Å²) in [5.41, 5.74) is 2.31. The second kappa shape index (κ2) is 4.33. The van der Waals surface area contributed by atoms with Crippen LogP contribution < -0.4 is 5.32 Å². The van der Waals surface area contributed by atoms with Crippen molar-refractivity contribution in [1.82, 2.24) is 24.6 Å². The Bertz CT molecular complexity index is 492. The van der Waals surface area contributed by atoms with Gasteiger partial charge in [0.15, 0.2) is 0 Å². The van der Waals surface area contributed by atoms with E-state index in [1.54, 1.807) is 0 Å². The van der Waals surface area contributed by atoms with Crippen LogP contribution in [0.2, 0.25) is 0 Å². The maximum absolute atomic E-state index is 4.27. The SMILES string of the molecule is Cn1cc(-n2cncc2C2CCCCN2)cn1. The molecule has 0 radical (unpaired) electrons. The number of imidazole rings is 1. The third-order valence-electron chi connectivity index (χ3n) is 3.30. The lowest BCUT2D eigenvalue weighted by Gasteiger charge is -2.24. The molecule has 3 heterocycles. The highest BCUT2D eigenvalue weighted by Gasteiger charge is 2.19. The Morgan fingerprint density at radius 3 is 3.00 bits per heavy atom. The number of rotatable bonds is 2. The number of nitrogens with one attached hydrogen (secondary N) is 1. The maximum atomic E-state index is 4.27. The first-order chi connectivity index (χ1) is 8.34. The Kier molecular flexibility index (Phi) is 2.68. The highest BCUT2D eigenvalue weighted by molar-refractivity contribution is 5.29. The Labute approximate surface area is 100 Å². The lowest BCUT2D eigenvalue weighted by Crippen LogP contribution is -2.28. The van der Waals surface area contributed by atoms with Crippen molar-refractivity contribution in [1.29, 1.82) is 0 Å². The lowest BCUT2D eigenvalue weighted by molar-refractivity contribution is 0.402. The molecule has 1 fully saturated rings. The van der Waals surface area contributed by atoms with Gasteiger partial charge in [0.05, 0.1) is 30.1 Å². The van der Waals surface area contributed by atoms with E-state index in [9.17, 15) is 0 Å². The summed E-state index contributed by atoms with van der Waals surface area (Å²) < 4.78 is 3.93. The summed E-state index contributed by atoms with van der Waals surface area (Å²) in [6.07, 6.45) is 11.4. The Balaban J connectivity index is 1.93. The van der Waals surface area contributed by atoms with Gasteiger partial charge in [0.25, 0.3) is 0 Å². The van der Waals surface area contributed by atoms with Crippen LogP contribution >= 0.6 is 0 Å². The molecule has 1 unspecified atom stereocenters. The van der Waals surface area contributed by atoms with Gasteiger partial charge in [0.1, 0.15) is 0 Å². The normalized spacial score (nSPS) is 20.6.